The molecule has 0 aliphatic rings. The van der Waals surface area contributed by atoms with Gasteiger partial charge in [0.15, 0.2) is 0 Å². The van der Waals surface area contributed by atoms with E-state index in [4.69, 9.17) is 5.11 Å². The molecule has 1 unspecified atom stereocenters. The van der Waals surface area contributed by atoms with Gasteiger partial charge in [-0.15, -0.1) is 0 Å². The van der Waals surface area contributed by atoms with Gasteiger partial charge in [-0.25, -0.2) is 0 Å². The first kappa shape index (κ1) is 24.6. The number of carbonyl (C=O) groups excluding carboxylic acids is 1. The second-order valence-corrected chi connectivity index (χ2v) is 7.90. The summed E-state index contributed by atoms with van der Waals surface area (Å²) in [4.78, 5) is 12.3. The summed E-state index contributed by atoms with van der Waals surface area (Å²) in [6.07, 6.45) is 21.5. The van der Waals surface area contributed by atoms with E-state index in [0.29, 0.717) is 11.7 Å². The molecule has 0 bridgehead atoms. The second kappa shape index (κ2) is 19.9. The third kappa shape index (κ3) is 18.2. The number of ketones is 1. The van der Waals surface area contributed by atoms with Crippen molar-refractivity contribution >= 4 is 5.78 Å². The van der Waals surface area contributed by atoms with Gasteiger partial charge in [-0.2, -0.15) is 0 Å². The van der Waals surface area contributed by atoms with Crippen LogP contribution in [-0.4, -0.2) is 17.5 Å². The number of hydrogen-bond acceptors (Lipinski definition) is 2. The molecule has 0 spiro atoms. The monoisotopic (exact) mass is 354 g/mol. The quantitative estimate of drug-likeness (QED) is 0.234. The van der Waals surface area contributed by atoms with Gasteiger partial charge in [-0.05, 0) is 18.8 Å². The summed E-state index contributed by atoms with van der Waals surface area (Å²) in [6.45, 7) is 4.81. The first-order chi connectivity index (χ1) is 12.2. The number of carbonyl (C=O) groups is 1. The zero-order valence-corrected chi connectivity index (χ0v) is 17.4. The summed E-state index contributed by atoms with van der Waals surface area (Å²) in [5, 5.41) is 8.80. The van der Waals surface area contributed by atoms with Crippen molar-refractivity contribution in [1.82, 2.24) is 0 Å². The molecule has 0 heterocycles. The maximum Gasteiger partial charge on any atom is 0.133 e. The van der Waals surface area contributed by atoms with Crippen LogP contribution in [0.2, 0.25) is 0 Å². The van der Waals surface area contributed by atoms with Gasteiger partial charge in [-0.3, -0.25) is 4.79 Å². The van der Waals surface area contributed by atoms with Crippen LogP contribution in [-0.2, 0) is 4.79 Å². The van der Waals surface area contributed by atoms with Gasteiger partial charge in [-0.1, -0.05) is 104 Å². The lowest BCUT2D eigenvalue weighted by Crippen LogP contribution is -2.09. The average Bonchev–Trinajstić information content (AvgIpc) is 2.61. The second-order valence-electron chi connectivity index (χ2n) is 7.90. The number of Topliss-reactive ketones (excluding diaryl/α,β-unsaturated/α-hetero) is 1. The lowest BCUT2D eigenvalue weighted by Gasteiger charge is -2.16. The molecule has 0 aromatic rings. The van der Waals surface area contributed by atoms with E-state index in [-0.39, 0.29) is 6.61 Å². The third-order valence-electron chi connectivity index (χ3n) is 5.31. The Morgan fingerprint density at radius 3 is 1.76 bits per heavy atom. The Hall–Kier alpha value is -0.370. The fraction of sp³-hybridized carbons (Fsp3) is 0.957. The van der Waals surface area contributed by atoms with Crippen LogP contribution in [0.1, 0.15) is 129 Å². The lowest BCUT2D eigenvalue weighted by atomic mass is 9.89. The molecule has 2 nitrogen and oxygen atoms in total. The number of aliphatic hydroxyl groups excluding tert-OH is 1. The third-order valence-corrected chi connectivity index (χ3v) is 5.31. The smallest absolute Gasteiger partial charge is 0.133 e. The van der Waals surface area contributed by atoms with Gasteiger partial charge in [0, 0.05) is 19.4 Å². The summed E-state index contributed by atoms with van der Waals surface area (Å²) in [5.41, 5.74) is 0. The van der Waals surface area contributed by atoms with E-state index in [9.17, 15) is 4.79 Å². The number of rotatable bonds is 20. The molecule has 150 valence electrons. The van der Waals surface area contributed by atoms with E-state index in [0.717, 1.165) is 38.5 Å². The average molecular weight is 355 g/mol. The number of unbranched alkanes of at least 4 members (excludes halogenated alkanes) is 11. The summed E-state index contributed by atoms with van der Waals surface area (Å²) in [5.74, 6) is 1.11. The van der Waals surface area contributed by atoms with E-state index < -0.39 is 0 Å². The van der Waals surface area contributed by atoms with Crippen molar-refractivity contribution < 1.29 is 9.90 Å². The predicted octanol–water partition coefficient (Wildman–Crippen LogP) is 7.23. The van der Waals surface area contributed by atoms with Crippen molar-refractivity contribution in [1.29, 1.82) is 0 Å². The van der Waals surface area contributed by atoms with E-state index in [1.165, 1.54) is 77.0 Å². The molecule has 0 fully saturated rings. The van der Waals surface area contributed by atoms with Gasteiger partial charge >= 0.3 is 0 Å². The molecule has 1 N–H and O–H groups in total. The highest BCUT2D eigenvalue weighted by atomic mass is 16.2. The summed E-state index contributed by atoms with van der Waals surface area (Å²) >= 11 is 0. The zero-order valence-electron chi connectivity index (χ0n) is 17.4. The molecule has 1 atom stereocenters. The van der Waals surface area contributed by atoms with Crippen LogP contribution in [0.15, 0.2) is 0 Å². The molecule has 0 aliphatic carbocycles. The highest BCUT2D eigenvalue weighted by Gasteiger charge is 2.13. The molecular weight excluding hydrogens is 308 g/mol. The molecule has 0 radical (unpaired) electrons. The van der Waals surface area contributed by atoms with Crippen molar-refractivity contribution in [2.24, 2.45) is 5.92 Å². The summed E-state index contributed by atoms with van der Waals surface area (Å²) < 4.78 is 0. The number of hydrogen-bond donors (Lipinski definition) is 1. The normalized spacial score (nSPS) is 12.4. The first-order valence-corrected chi connectivity index (χ1v) is 11.4. The van der Waals surface area contributed by atoms with E-state index in [1.54, 1.807) is 0 Å². The minimum Gasteiger partial charge on any atom is -0.396 e. The van der Waals surface area contributed by atoms with Crippen molar-refractivity contribution in [2.75, 3.05) is 6.61 Å². The van der Waals surface area contributed by atoms with E-state index in [1.807, 2.05) is 0 Å². The van der Waals surface area contributed by atoms with Gasteiger partial charge in [0.1, 0.15) is 5.78 Å². The Morgan fingerprint density at radius 1 is 0.680 bits per heavy atom. The standard InChI is InChI=1S/C23H46O2/c1-3-5-7-9-10-14-18-22(17-13-8-6-4-2)21-23(25)19-15-11-12-16-20-24/h22,24H,3-21H2,1-2H3. The topological polar surface area (TPSA) is 37.3 Å². The molecule has 0 aliphatic heterocycles. The molecule has 0 saturated heterocycles. The highest BCUT2D eigenvalue weighted by Crippen LogP contribution is 2.23. The van der Waals surface area contributed by atoms with Gasteiger partial charge in [0.25, 0.3) is 0 Å². The summed E-state index contributed by atoms with van der Waals surface area (Å²) in [6, 6.07) is 0. The Labute approximate surface area is 158 Å². The SMILES string of the molecule is CCCCCCCCC(CCCCCC)CC(=O)CCCCCCO. The number of aliphatic hydroxyl groups is 1. The summed E-state index contributed by atoms with van der Waals surface area (Å²) in [7, 11) is 0. The van der Waals surface area contributed by atoms with Crippen molar-refractivity contribution in [3.05, 3.63) is 0 Å². The Morgan fingerprint density at radius 2 is 1.16 bits per heavy atom. The molecule has 0 aromatic carbocycles. The van der Waals surface area contributed by atoms with Gasteiger partial charge in [0.05, 0.1) is 0 Å². The molecule has 2 heteroatoms. The Kier molecular flexibility index (Phi) is 19.7. The molecule has 0 amide bonds. The van der Waals surface area contributed by atoms with Crippen LogP contribution in [0.25, 0.3) is 0 Å². The largest absolute Gasteiger partial charge is 0.396 e. The molecule has 0 aromatic heterocycles. The first-order valence-electron chi connectivity index (χ1n) is 11.4. The minimum absolute atomic E-state index is 0.284. The van der Waals surface area contributed by atoms with Crippen LogP contribution in [0.3, 0.4) is 0 Å². The van der Waals surface area contributed by atoms with Gasteiger partial charge in [0.2, 0.25) is 0 Å². The Balaban J connectivity index is 3.95. The zero-order chi connectivity index (χ0) is 18.6. The van der Waals surface area contributed by atoms with Crippen LogP contribution < -0.4 is 0 Å². The Bertz CT molecular complexity index is 275. The van der Waals surface area contributed by atoms with Crippen molar-refractivity contribution in [3.63, 3.8) is 0 Å². The lowest BCUT2D eigenvalue weighted by molar-refractivity contribution is -0.120. The van der Waals surface area contributed by atoms with Crippen molar-refractivity contribution in [3.8, 4) is 0 Å². The molecular formula is C23H46O2. The predicted molar refractivity (Wildman–Crippen MR) is 110 cm³/mol. The van der Waals surface area contributed by atoms with Crippen molar-refractivity contribution in [2.45, 2.75) is 129 Å². The maximum absolute atomic E-state index is 12.3. The molecule has 0 saturated carbocycles. The minimum atomic E-state index is 0.284. The fourth-order valence-corrected chi connectivity index (χ4v) is 3.63. The fourth-order valence-electron chi connectivity index (χ4n) is 3.63. The van der Waals surface area contributed by atoms with Gasteiger partial charge < -0.3 is 5.11 Å². The van der Waals surface area contributed by atoms with Crippen LogP contribution in [0.5, 0.6) is 0 Å². The van der Waals surface area contributed by atoms with E-state index >= 15 is 0 Å². The molecule has 25 heavy (non-hydrogen) atoms. The van der Waals surface area contributed by atoms with Crippen LogP contribution in [0.4, 0.5) is 0 Å². The van der Waals surface area contributed by atoms with Crippen LogP contribution in [0, 0.1) is 5.92 Å². The highest BCUT2D eigenvalue weighted by molar-refractivity contribution is 5.78. The van der Waals surface area contributed by atoms with Crippen LogP contribution >= 0.6 is 0 Å². The molecule has 0 rings (SSSR count). The maximum atomic E-state index is 12.3. The van der Waals surface area contributed by atoms with E-state index in [2.05, 4.69) is 13.8 Å².